The number of aromatic nitrogens is 2. The third-order valence-electron chi connectivity index (χ3n) is 6.18. The Balaban J connectivity index is 1.41. The number of likely N-dealkylation sites (tertiary alicyclic amines) is 1. The first-order chi connectivity index (χ1) is 11.6. The summed E-state index contributed by atoms with van der Waals surface area (Å²) >= 11 is 0. The van der Waals surface area contributed by atoms with E-state index in [1.807, 2.05) is 17.9 Å². The molecule has 1 aromatic rings. The minimum atomic E-state index is -0.0632. The van der Waals surface area contributed by atoms with E-state index in [9.17, 15) is 4.79 Å². The Hall–Kier alpha value is -1.40. The summed E-state index contributed by atoms with van der Waals surface area (Å²) in [5, 5.41) is 7.64. The lowest BCUT2D eigenvalue weighted by Crippen LogP contribution is -2.54. The number of hydrogen-bond acceptors (Lipinski definition) is 4. The molecule has 3 aliphatic rings. The highest BCUT2D eigenvalue weighted by Gasteiger charge is 2.49. The topological polar surface area (TPSA) is 59.4 Å². The number of ether oxygens (including phenoxy) is 1. The van der Waals surface area contributed by atoms with Gasteiger partial charge in [-0.1, -0.05) is 0 Å². The minimum absolute atomic E-state index is 0.0632. The van der Waals surface area contributed by atoms with Gasteiger partial charge in [0.15, 0.2) is 0 Å². The average molecular weight is 332 g/mol. The SMILES string of the molecule is Cn1cc([C@@H]2CC(=O)NC23CCN(CC2CCOCC2)CC3)cn1. The molecule has 3 fully saturated rings. The van der Waals surface area contributed by atoms with Crippen LogP contribution in [0.2, 0.25) is 0 Å². The number of amides is 1. The van der Waals surface area contributed by atoms with Crippen LogP contribution in [-0.2, 0) is 16.6 Å². The van der Waals surface area contributed by atoms with Crippen molar-refractivity contribution >= 4 is 5.91 Å². The van der Waals surface area contributed by atoms with Crippen LogP contribution in [0.15, 0.2) is 12.4 Å². The summed E-state index contributed by atoms with van der Waals surface area (Å²) in [6.45, 7) is 5.18. The summed E-state index contributed by atoms with van der Waals surface area (Å²) in [6.07, 6.45) is 9.07. The van der Waals surface area contributed by atoms with Crippen LogP contribution in [0.3, 0.4) is 0 Å². The lowest BCUT2D eigenvalue weighted by atomic mass is 9.75. The summed E-state index contributed by atoms with van der Waals surface area (Å²) in [5.74, 6) is 1.24. The zero-order chi connectivity index (χ0) is 16.6. The third kappa shape index (κ3) is 3.09. The van der Waals surface area contributed by atoms with E-state index in [2.05, 4.69) is 21.5 Å². The Morgan fingerprint density at radius 3 is 2.75 bits per heavy atom. The molecule has 132 valence electrons. The van der Waals surface area contributed by atoms with Gasteiger partial charge < -0.3 is 15.0 Å². The quantitative estimate of drug-likeness (QED) is 0.906. The fourth-order valence-corrected chi connectivity index (χ4v) is 4.76. The van der Waals surface area contributed by atoms with E-state index < -0.39 is 0 Å². The lowest BCUT2D eigenvalue weighted by molar-refractivity contribution is -0.120. The number of nitrogens with one attached hydrogen (secondary N) is 1. The highest BCUT2D eigenvalue weighted by atomic mass is 16.5. The van der Waals surface area contributed by atoms with Gasteiger partial charge in [0, 0.05) is 64.0 Å². The van der Waals surface area contributed by atoms with Crippen LogP contribution in [0.5, 0.6) is 0 Å². The van der Waals surface area contributed by atoms with Crippen molar-refractivity contribution in [2.24, 2.45) is 13.0 Å². The number of carbonyl (C=O) groups is 1. The molecule has 1 aromatic heterocycles. The second-order valence-electron chi connectivity index (χ2n) is 7.76. The molecule has 24 heavy (non-hydrogen) atoms. The second-order valence-corrected chi connectivity index (χ2v) is 7.76. The van der Waals surface area contributed by atoms with Crippen molar-refractivity contribution in [1.82, 2.24) is 20.0 Å². The van der Waals surface area contributed by atoms with Gasteiger partial charge >= 0.3 is 0 Å². The van der Waals surface area contributed by atoms with Crippen molar-refractivity contribution < 1.29 is 9.53 Å². The Kier molecular flexibility index (Phi) is 4.35. The number of carbonyl (C=O) groups excluding carboxylic acids is 1. The van der Waals surface area contributed by atoms with E-state index in [-0.39, 0.29) is 17.4 Å². The number of aryl methyl sites for hydroxylation is 1. The monoisotopic (exact) mass is 332 g/mol. The fraction of sp³-hybridized carbons (Fsp3) is 0.778. The van der Waals surface area contributed by atoms with Crippen molar-refractivity contribution in [3.63, 3.8) is 0 Å². The Bertz CT molecular complexity index is 586. The molecule has 3 saturated heterocycles. The van der Waals surface area contributed by atoms with Crippen LogP contribution in [0, 0.1) is 5.92 Å². The van der Waals surface area contributed by atoms with Gasteiger partial charge in [-0.25, -0.2) is 0 Å². The molecule has 0 aliphatic carbocycles. The molecule has 3 aliphatic heterocycles. The van der Waals surface area contributed by atoms with Gasteiger partial charge in [0.2, 0.25) is 5.91 Å². The number of rotatable bonds is 3. The molecule has 6 heteroatoms. The fourth-order valence-electron chi connectivity index (χ4n) is 4.76. The number of hydrogen-bond donors (Lipinski definition) is 1. The normalized spacial score (nSPS) is 28.4. The van der Waals surface area contributed by atoms with Crippen LogP contribution in [0.4, 0.5) is 0 Å². The maximum atomic E-state index is 12.1. The molecule has 4 rings (SSSR count). The molecule has 0 radical (unpaired) electrons. The van der Waals surface area contributed by atoms with Crippen molar-refractivity contribution in [2.75, 3.05) is 32.8 Å². The van der Waals surface area contributed by atoms with Gasteiger partial charge in [0.25, 0.3) is 0 Å². The molecule has 6 nitrogen and oxygen atoms in total. The lowest BCUT2D eigenvalue weighted by Gasteiger charge is -2.43. The predicted octanol–water partition coefficient (Wildman–Crippen LogP) is 1.28. The second kappa shape index (κ2) is 6.48. The first-order valence-corrected chi connectivity index (χ1v) is 9.24. The zero-order valence-electron chi connectivity index (χ0n) is 14.5. The van der Waals surface area contributed by atoms with E-state index in [0.717, 1.165) is 45.1 Å². The minimum Gasteiger partial charge on any atom is -0.381 e. The number of nitrogens with zero attached hydrogens (tertiary/aromatic N) is 3. The first kappa shape index (κ1) is 16.1. The maximum Gasteiger partial charge on any atom is 0.221 e. The summed E-state index contributed by atoms with van der Waals surface area (Å²) < 4.78 is 7.31. The Labute approximate surface area is 143 Å². The van der Waals surface area contributed by atoms with Gasteiger partial charge in [0.1, 0.15) is 0 Å². The van der Waals surface area contributed by atoms with Crippen molar-refractivity contribution in [3.8, 4) is 0 Å². The molecule has 0 aromatic carbocycles. The summed E-state index contributed by atoms with van der Waals surface area (Å²) in [7, 11) is 1.94. The van der Waals surface area contributed by atoms with Crippen LogP contribution in [0.25, 0.3) is 0 Å². The molecule has 0 saturated carbocycles. The van der Waals surface area contributed by atoms with E-state index in [0.29, 0.717) is 6.42 Å². The largest absolute Gasteiger partial charge is 0.381 e. The third-order valence-corrected chi connectivity index (χ3v) is 6.18. The molecule has 1 amide bonds. The van der Waals surface area contributed by atoms with Crippen molar-refractivity contribution in [3.05, 3.63) is 18.0 Å². The molecule has 1 spiro atoms. The van der Waals surface area contributed by atoms with E-state index in [1.165, 1.54) is 24.9 Å². The smallest absolute Gasteiger partial charge is 0.221 e. The zero-order valence-corrected chi connectivity index (χ0v) is 14.5. The standard InChI is InChI=1S/C18H28N4O2/c1-21-13-15(11-19-21)16-10-17(23)20-18(16)4-6-22(7-5-18)12-14-2-8-24-9-3-14/h11,13-14,16H,2-10,12H2,1H3,(H,20,23)/t16-/m0/s1. The van der Waals surface area contributed by atoms with Crippen molar-refractivity contribution in [2.45, 2.75) is 43.6 Å². The molecule has 0 unspecified atom stereocenters. The van der Waals surface area contributed by atoms with Gasteiger partial charge in [-0.3, -0.25) is 9.48 Å². The summed E-state index contributed by atoms with van der Waals surface area (Å²) in [4.78, 5) is 14.7. The molecular weight excluding hydrogens is 304 g/mol. The number of piperidine rings is 1. The van der Waals surface area contributed by atoms with Gasteiger partial charge in [-0.2, -0.15) is 5.10 Å². The van der Waals surface area contributed by atoms with Crippen LogP contribution in [0.1, 0.15) is 43.6 Å². The predicted molar refractivity (Wildman–Crippen MR) is 90.7 cm³/mol. The van der Waals surface area contributed by atoms with Crippen LogP contribution in [-0.4, -0.2) is 59.0 Å². The highest BCUT2D eigenvalue weighted by Crippen LogP contribution is 2.43. The maximum absolute atomic E-state index is 12.1. The van der Waals surface area contributed by atoms with E-state index in [1.54, 1.807) is 0 Å². The molecular formula is C18H28N4O2. The molecule has 1 N–H and O–H groups in total. The molecule has 1 atom stereocenters. The Morgan fingerprint density at radius 1 is 1.33 bits per heavy atom. The molecule has 0 bridgehead atoms. The van der Waals surface area contributed by atoms with E-state index in [4.69, 9.17) is 4.74 Å². The van der Waals surface area contributed by atoms with Crippen LogP contribution >= 0.6 is 0 Å². The average Bonchev–Trinajstić information content (AvgIpc) is 3.14. The van der Waals surface area contributed by atoms with Gasteiger partial charge in [-0.05, 0) is 37.2 Å². The van der Waals surface area contributed by atoms with E-state index >= 15 is 0 Å². The van der Waals surface area contributed by atoms with Gasteiger partial charge in [0.05, 0.1) is 6.20 Å². The summed E-state index contributed by atoms with van der Waals surface area (Å²) in [6, 6.07) is 0. The Morgan fingerprint density at radius 2 is 2.08 bits per heavy atom. The molecule has 4 heterocycles. The highest BCUT2D eigenvalue weighted by molar-refractivity contribution is 5.81. The first-order valence-electron chi connectivity index (χ1n) is 9.24. The van der Waals surface area contributed by atoms with Crippen molar-refractivity contribution in [1.29, 1.82) is 0 Å². The van der Waals surface area contributed by atoms with Crippen LogP contribution < -0.4 is 5.32 Å². The van der Waals surface area contributed by atoms with Gasteiger partial charge in [-0.15, -0.1) is 0 Å². The summed E-state index contributed by atoms with van der Waals surface area (Å²) in [5.41, 5.74) is 1.14.